The lowest BCUT2D eigenvalue weighted by Gasteiger charge is -2.47. The molecule has 0 atom stereocenters. The van der Waals surface area contributed by atoms with Crippen LogP contribution in [-0.4, -0.2) is 58.2 Å². The van der Waals surface area contributed by atoms with Gasteiger partial charge in [0.1, 0.15) is 0 Å². The summed E-state index contributed by atoms with van der Waals surface area (Å²) < 4.78 is 171. The van der Waals surface area contributed by atoms with Crippen molar-refractivity contribution in [1.82, 2.24) is 0 Å². The lowest BCUT2D eigenvalue weighted by Crippen LogP contribution is -2.74. The average molecular weight is 470 g/mol. The Bertz CT molecular complexity index is 718. The highest BCUT2D eigenvalue weighted by atomic mass is 19.4. The first-order valence-electron chi connectivity index (χ1n) is 7.41. The van der Waals surface area contributed by atoms with Crippen molar-refractivity contribution in [3.8, 4) is 0 Å². The molecule has 0 radical (unpaired) electrons. The molecule has 30 heavy (non-hydrogen) atoms. The fourth-order valence-corrected chi connectivity index (χ4v) is 2.76. The second-order valence-corrected chi connectivity index (χ2v) is 6.43. The Labute approximate surface area is 158 Å². The van der Waals surface area contributed by atoms with Crippen LogP contribution in [0.2, 0.25) is 0 Å². The molecular weight excluding hydrogens is 460 g/mol. The molecule has 0 aromatic rings. The maximum atomic E-state index is 14.5. The van der Waals surface area contributed by atoms with E-state index < -0.39 is 65.1 Å². The van der Waals surface area contributed by atoms with E-state index in [1.54, 1.807) is 0 Å². The summed E-state index contributed by atoms with van der Waals surface area (Å²) in [6, 6.07) is 0. The van der Waals surface area contributed by atoms with Gasteiger partial charge in [-0.05, 0) is 0 Å². The van der Waals surface area contributed by atoms with Gasteiger partial charge < -0.3 is 9.84 Å². The molecule has 1 rings (SSSR count). The van der Waals surface area contributed by atoms with E-state index in [9.17, 15) is 62.3 Å². The molecule has 0 bridgehead atoms. The van der Waals surface area contributed by atoms with Crippen molar-refractivity contribution in [3.63, 3.8) is 0 Å². The standard InChI is InChI=1S/C14H10F12O4/c1-5(2)8(30-7(29)4-3-6(27)28)9(15,16)11(19,20)13(23,24)14(25,26)12(21,22)10(8,17)18/h3-5H,1-2H3,(H,27,28)/b4-3-. The molecule has 0 aromatic heterocycles. The zero-order chi connectivity index (χ0) is 24.4. The van der Waals surface area contributed by atoms with Gasteiger partial charge in [-0.3, -0.25) is 0 Å². The van der Waals surface area contributed by atoms with Gasteiger partial charge in [0, 0.05) is 18.1 Å². The summed E-state index contributed by atoms with van der Waals surface area (Å²) in [5, 5.41) is 8.27. The van der Waals surface area contributed by atoms with Crippen molar-refractivity contribution in [3.05, 3.63) is 12.2 Å². The number of hydrogen-bond acceptors (Lipinski definition) is 3. The summed E-state index contributed by atoms with van der Waals surface area (Å²) in [6.07, 6.45) is -0.793. The highest BCUT2D eigenvalue weighted by molar-refractivity contribution is 5.91. The first kappa shape index (κ1) is 25.9. The number of halogens is 12. The van der Waals surface area contributed by atoms with Gasteiger partial charge in [-0.15, -0.1) is 0 Å². The van der Waals surface area contributed by atoms with Crippen LogP contribution < -0.4 is 0 Å². The number of ether oxygens (including phenoxy) is 1. The van der Waals surface area contributed by atoms with Crippen molar-refractivity contribution >= 4 is 11.9 Å². The summed E-state index contributed by atoms with van der Waals surface area (Å²) >= 11 is 0. The smallest absolute Gasteiger partial charge is 0.384 e. The number of aliphatic carboxylic acids is 1. The molecule has 0 aromatic carbocycles. The minimum atomic E-state index is -7.75. The van der Waals surface area contributed by atoms with E-state index in [0.717, 1.165) is 0 Å². The van der Waals surface area contributed by atoms with E-state index in [2.05, 4.69) is 4.74 Å². The second kappa shape index (κ2) is 6.67. The average Bonchev–Trinajstić information content (AvgIpc) is 2.55. The molecule has 174 valence electrons. The van der Waals surface area contributed by atoms with Gasteiger partial charge in [0.25, 0.3) is 5.60 Å². The molecule has 16 heteroatoms. The van der Waals surface area contributed by atoms with Crippen molar-refractivity contribution in [2.24, 2.45) is 5.92 Å². The first-order chi connectivity index (χ1) is 13.0. The Morgan fingerprint density at radius 2 is 0.967 bits per heavy atom. The largest absolute Gasteiger partial charge is 0.478 e. The predicted molar refractivity (Wildman–Crippen MR) is 70.1 cm³/mol. The number of hydrogen-bond donors (Lipinski definition) is 1. The minimum absolute atomic E-state index is 0.00375. The predicted octanol–water partition coefficient (Wildman–Crippen LogP) is 4.39. The lowest BCUT2D eigenvalue weighted by atomic mass is 9.75. The molecule has 0 aliphatic heterocycles. The van der Waals surface area contributed by atoms with Crippen LogP contribution >= 0.6 is 0 Å². The van der Waals surface area contributed by atoms with Gasteiger partial charge in [-0.2, -0.15) is 52.7 Å². The lowest BCUT2D eigenvalue weighted by molar-refractivity contribution is -0.397. The van der Waals surface area contributed by atoms with E-state index in [0.29, 0.717) is 0 Å². The molecule has 0 saturated heterocycles. The van der Waals surface area contributed by atoms with Gasteiger partial charge >= 0.3 is 47.5 Å². The molecule has 0 unspecified atom stereocenters. The summed E-state index contributed by atoms with van der Waals surface area (Å²) in [5.41, 5.74) is -5.98. The molecular formula is C14H10F12O4. The number of carboxylic acids is 1. The van der Waals surface area contributed by atoms with E-state index in [4.69, 9.17) is 5.11 Å². The molecule has 1 fully saturated rings. The number of carboxylic acid groups (broad SMARTS) is 1. The van der Waals surface area contributed by atoms with E-state index in [1.165, 1.54) is 0 Å². The summed E-state index contributed by atoms with van der Waals surface area (Å²) in [5.74, 6) is -53.1. The normalized spacial score (nSPS) is 27.4. The Kier molecular flexibility index (Phi) is 5.75. The van der Waals surface area contributed by atoms with Crippen molar-refractivity contribution in [1.29, 1.82) is 0 Å². The Morgan fingerprint density at radius 1 is 0.667 bits per heavy atom. The molecule has 0 amide bonds. The van der Waals surface area contributed by atoms with Crippen LogP contribution in [0.4, 0.5) is 52.7 Å². The van der Waals surface area contributed by atoms with Crippen LogP contribution in [0.3, 0.4) is 0 Å². The Hall–Kier alpha value is -2.16. The highest BCUT2D eigenvalue weighted by Gasteiger charge is 3.02. The van der Waals surface area contributed by atoms with E-state index >= 15 is 0 Å². The van der Waals surface area contributed by atoms with Crippen LogP contribution in [0.25, 0.3) is 0 Å². The van der Waals surface area contributed by atoms with Gasteiger partial charge in [0.2, 0.25) is 0 Å². The third kappa shape index (κ3) is 2.70. The minimum Gasteiger partial charge on any atom is -0.478 e. The molecule has 1 N–H and O–H groups in total. The topological polar surface area (TPSA) is 63.6 Å². The van der Waals surface area contributed by atoms with Gasteiger partial charge in [-0.1, -0.05) is 13.8 Å². The molecule has 1 aliphatic rings. The number of rotatable bonds is 4. The van der Waals surface area contributed by atoms with Gasteiger partial charge in [0.05, 0.1) is 0 Å². The molecule has 4 nitrogen and oxygen atoms in total. The Balaban J connectivity index is 4.11. The molecule has 0 heterocycles. The van der Waals surface area contributed by atoms with Crippen molar-refractivity contribution < 1.29 is 72.1 Å². The zero-order valence-electron chi connectivity index (χ0n) is 14.4. The van der Waals surface area contributed by atoms with Crippen molar-refractivity contribution in [2.75, 3.05) is 0 Å². The quantitative estimate of drug-likeness (QED) is 0.287. The maximum absolute atomic E-state index is 14.5. The third-order valence-electron chi connectivity index (χ3n) is 4.34. The Morgan fingerprint density at radius 3 is 1.23 bits per heavy atom. The van der Waals surface area contributed by atoms with Crippen LogP contribution in [0.5, 0.6) is 0 Å². The highest BCUT2D eigenvalue weighted by Crippen LogP contribution is 2.70. The molecule has 0 spiro atoms. The maximum Gasteiger partial charge on any atom is 0.384 e. The van der Waals surface area contributed by atoms with E-state index in [1.807, 2.05) is 0 Å². The van der Waals surface area contributed by atoms with Crippen LogP contribution in [0, 0.1) is 5.92 Å². The van der Waals surface area contributed by atoms with E-state index in [-0.39, 0.29) is 19.9 Å². The fraction of sp³-hybridized carbons (Fsp3) is 0.714. The van der Waals surface area contributed by atoms with Gasteiger partial charge in [-0.25, -0.2) is 9.59 Å². The molecule has 1 aliphatic carbocycles. The van der Waals surface area contributed by atoms with Crippen LogP contribution in [0.15, 0.2) is 12.2 Å². The van der Waals surface area contributed by atoms with Crippen LogP contribution in [-0.2, 0) is 14.3 Å². The monoisotopic (exact) mass is 470 g/mol. The number of alkyl halides is 12. The van der Waals surface area contributed by atoms with Crippen molar-refractivity contribution in [2.45, 2.75) is 55.0 Å². The number of carbonyl (C=O) groups is 2. The zero-order valence-corrected chi connectivity index (χ0v) is 14.4. The number of carbonyl (C=O) groups excluding carboxylic acids is 1. The number of esters is 1. The van der Waals surface area contributed by atoms with Crippen LogP contribution in [0.1, 0.15) is 13.8 Å². The summed E-state index contributed by atoms with van der Waals surface area (Å²) in [7, 11) is 0. The first-order valence-corrected chi connectivity index (χ1v) is 7.41. The SMILES string of the molecule is CC(C)C1(OC(=O)/C=C\C(=O)O)C(F)(F)C(F)(F)C(F)(F)C(F)(F)C(F)(F)C1(F)F. The fourth-order valence-electron chi connectivity index (χ4n) is 2.76. The summed E-state index contributed by atoms with van der Waals surface area (Å²) in [4.78, 5) is 21.7. The third-order valence-corrected chi connectivity index (χ3v) is 4.34. The molecule has 1 saturated carbocycles. The second-order valence-electron chi connectivity index (χ2n) is 6.43. The van der Waals surface area contributed by atoms with Gasteiger partial charge in [0.15, 0.2) is 0 Å². The summed E-state index contributed by atoms with van der Waals surface area (Å²) in [6.45, 7) is 0.00749.